The van der Waals surface area contributed by atoms with Crippen molar-refractivity contribution in [2.45, 2.75) is 44.4 Å². The van der Waals surface area contributed by atoms with Gasteiger partial charge in [0.2, 0.25) is 0 Å². The smallest absolute Gasteiger partial charge is 0.0995 e. The van der Waals surface area contributed by atoms with E-state index < -0.39 is 0 Å². The normalized spacial score (nSPS) is 16.8. The Kier molecular flexibility index (Phi) is 3.84. The van der Waals surface area contributed by atoms with Crippen molar-refractivity contribution in [3.63, 3.8) is 0 Å². The van der Waals surface area contributed by atoms with E-state index >= 15 is 0 Å². The molecule has 0 N–H and O–H groups in total. The molecule has 2 rings (SSSR count). The molecule has 0 atom stereocenters. The Morgan fingerprint density at radius 1 is 1.12 bits per heavy atom. The molecule has 1 nitrogen and oxygen atoms in total. The number of rotatable bonds is 1. The van der Waals surface area contributed by atoms with E-state index in [9.17, 15) is 5.26 Å². The SMILES string of the molecule is C#Cc1ccc(C2CCCCCC2)c(C#N)c1. The minimum absolute atomic E-state index is 0.555. The maximum Gasteiger partial charge on any atom is 0.0995 e. The second kappa shape index (κ2) is 5.55. The molecule has 1 aromatic rings. The van der Waals surface area contributed by atoms with Crippen molar-refractivity contribution in [3.05, 3.63) is 34.9 Å². The second-order valence-corrected chi connectivity index (χ2v) is 4.75. The van der Waals surface area contributed by atoms with Gasteiger partial charge >= 0.3 is 0 Å². The van der Waals surface area contributed by atoms with Crippen molar-refractivity contribution >= 4 is 0 Å². The molecule has 1 aliphatic carbocycles. The summed E-state index contributed by atoms with van der Waals surface area (Å²) in [6.07, 6.45) is 13.0. The third-order valence-electron chi connectivity index (χ3n) is 3.64. The highest BCUT2D eigenvalue weighted by atomic mass is 14.3. The van der Waals surface area contributed by atoms with Gasteiger partial charge in [-0.05, 0) is 36.5 Å². The highest BCUT2D eigenvalue weighted by Gasteiger charge is 2.17. The van der Waals surface area contributed by atoms with Crippen LogP contribution in [0, 0.1) is 23.7 Å². The summed E-state index contributed by atoms with van der Waals surface area (Å²) >= 11 is 0. The fourth-order valence-corrected chi connectivity index (χ4v) is 2.69. The Bertz CT molecular complexity index is 465. The predicted octanol–water partition coefficient (Wildman–Crippen LogP) is 3.98. The molecule has 0 heterocycles. The van der Waals surface area contributed by atoms with Gasteiger partial charge in [-0.2, -0.15) is 5.26 Å². The average Bonchev–Trinajstić information content (AvgIpc) is 2.66. The van der Waals surface area contributed by atoms with E-state index in [1.807, 2.05) is 12.1 Å². The van der Waals surface area contributed by atoms with Crippen LogP contribution in [0.5, 0.6) is 0 Å². The molecule has 0 bridgehead atoms. The van der Waals surface area contributed by atoms with Crippen molar-refractivity contribution in [2.24, 2.45) is 0 Å². The number of benzene rings is 1. The van der Waals surface area contributed by atoms with Gasteiger partial charge in [0.25, 0.3) is 0 Å². The molecule has 1 fully saturated rings. The third-order valence-corrected chi connectivity index (χ3v) is 3.64. The zero-order valence-electron chi connectivity index (χ0n) is 10.1. The summed E-state index contributed by atoms with van der Waals surface area (Å²) in [6.45, 7) is 0. The van der Waals surface area contributed by atoms with Crippen LogP contribution in [0.3, 0.4) is 0 Å². The van der Waals surface area contributed by atoms with Gasteiger partial charge in [-0.25, -0.2) is 0 Å². The van der Waals surface area contributed by atoms with Crippen LogP contribution in [0.2, 0.25) is 0 Å². The molecule has 17 heavy (non-hydrogen) atoms. The van der Waals surface area contributed by atoms with Gasteiger partial charge in [0.05, 0.1) is 11.6 Å². The molecule has 1 aromatic carbocycles. The van der Waals surface area contributed by atoms with Crippen molar-refractivity contribution in [3.8, 4) is 18.4 Å². The van der Waals surface area contributed by atoms with E-state index in [0.29, 0.717) is 5.92 Å². The largest absolute Gasteiger partial charge is 0.192 e. The highest BCUT2D eigenvalue weighted by Crippen LogP contribution is 2.33. The summed E-state index contributed by atoms with van der Waals surface area (Å²) in [7, 11) is 0. The van der Waals surface area contributed by atoms with Crippen LogP contribution in [0.25, 0.3) is 0 Å². The molecule has 0 saturated heterocycles. The van der Waals surface area contributed by atoms with Gasteiger partial charge in [0, 0.05) is 5.56 Å². The van der Waals surface area contributed by atoms with E-state index in [-0.39, 0.29) is 0 Å². The summed E-state index contributed by atoms with van der Waals surface area (Å²) in [6, 6.07) is 8.16. The van der Waals surface area contributed by atoms with Crippen LogP contribution in [0.15, 0.2) is 18.2 Å². The van der Waals surface area contributed by atoms with Gasteiger partial charge in [0.1, 0.15) is 0 Å². The molecule has 86 valence electrons. The fraction of sp³-hybridized carbons (Fsp3) is 0.438. The molecule has 1 saturated carbocycles. The molecular weight excluding hydrogens is 206 g/mol. The molecule has 0 aromatic heterocycles. The Morgan fingerprint density at radius 3 is 2.41 bits per heavy atom. The van der Waals surface area contributed by atoms with Crippen molar-refractivity contribution in [2.75, 3.05) is 0 Å². The number of nitriles is 1. The van der Waals surface area contributed by atoms with Crippen LogP contribution in [-0.4, -0.2) is 0 Å². The van der Waals surface area contributed by atoms with E-state index in [4.69, 9.17) is 6.42 Å². The Hall–Kier alpha value is -1.73. The topological polar surface area (TPSA) is 23.8 Å². The fourth-order valence-electron chi connectivity index (χ4n) is 2.69. The van der Waals surface area contributed by atoms with E-state index in [1.165, 1.54) is 44.1 Å². The quantitative estimate of drug-likeness (QED) is 0.522. The minimum atomic E-state index is 0.555. The lowest BCUT2D eigenvalue weighted by atomic mass is 9.88. The zero-order chi connectivity index (χ0) is 12.1. The lowest BCUT2D eigenvalue weighted by Crippen LogP contribution is -2.00. The van der Waals surface area contributed by atoms with Crippen molar-refractivity contribution in [1.82, 2.24) is 0 Å². The van der Waals surface area contributed by atoms with Crippen LogP contribution in [-0.2, 0) is 0 Å². The Morgan fingerprint density at radius 2 is 1.82 bits per heavy atom. The van der Waals surface area contributed by atoms with Crippen LogP contribution in [0.1, 0.15) is 61.1 Å². The number of nitrogens with zero attached hydrogens (tertiary/aromatic N) is 1. The first kappa shape index (κ1) is 11.7. The van der Waals surface area contributed by atoms with Gasteiger partial charge in [-0.1, -0.05) is 37.7 Å². The van der Waals surface area contributed by atoms with Gasteiger partial charge in [-0.3, -0.25) is 0 Å². The number of hydrogen-bond donors (Lipinski definition) is 0. The van der Waals surface area contributed by atoms with Gasteiger partial charge in [0.15, 0.2) is 0 Å². The van der Waals surface area contributed by atoms with Crippen molar-refractivity contribution in [1.29, 1.82) is 5.26 Å². The number of hydrogen-bond acceptors (Lipinski definition) is 1. The molecule has 0 spiro atoms. The van der Waals surface area contributed by atoms with Crippen LogP contribution in [0.4, 0.5) is 0 Å². The van der Waals surface area contributed by atoms with E-state index in [2.05, 4.69) is 18.1 Å². The highest BCUT2D eigenvalue weighted by molar-refractivity contribution is 5.47. The lowest BCUT2D eigenvalue weighted by Gasteiger charge is -2.16. The van der Waals surface area contributed by atoms with Crippen LogP contribution < -0.4 is 0 Å². The average molecular weight is 223 g/mol. The number of terminal acetylenes is 1. The molecule has 1 aliphatic rings. The summed E-state index contributed by atoms with van der Waals surface area (Å²) < 4.78 is 0. The molecule has 0 aliphatic heterocycles. The molecule has 0 amide bonds. The molecular formula is C16H17N. The maximum absolute atomic E-state index is 9.22. The summed E-state index contributed by atoms with van der Waals surface area (Å²) in [4.78, 5) is 0. The third kappa shape index (κ3) is 2.69. The monoisotopic (exact) mass is 223 g/mol. The van der Waals surface area contributed by atoms with E-state index in [0.717, 1.165) is 11.1 Å². The van der Waals surface area contributed by atoms with Crippen molar-refractivity contribution < 1.29 is 0 Å². The Balaban J connectivity index is 2.31. The minimum Gasteiger partial charge on any atom is -0.192 e. The van der Waals surface area contributed by atoms with Crippen LogP contribution >= 0.6 is 0 Å². The Labute approximate surface area is 103 Å². The summed E-state index contributed by atoms with van der Waals surface area (Å²) in [5, 5.41) is 9.22. The predicted molar refractivity (Wildman–Crippen MR) is 69.5 cm³/mol. The molecule has 1 heteroatoms. The standard InChI is InChI=1S/C16H17N/c1-2-13-9-10-16(15(11-13)12-17)14-7-5-3-4-6-8-14/h1,9-11,14H,3-8H2. The zero-order valence-corrected chi connectivity index (χ0v) is 10.1. The summed E-state index contributed by atoms with van der Waals surface area (Å²) in [5.41, 5.74) is 2.78. The first-order valence-corrected chi connectivity index (χ1v) is 6.36. The molecule has 0 unspecified atom stereocenters. The summed E-state index contributed by atoms with van der Waals surface area (Å²) in [5.74, 6) is 3.15. The second-order valence-electron chi connectivity index (χ2n) is 4.75. The first-order chi connectivity index (χ1) is 8.35. The van der Waals surface area contributed by atoms with Gasteiger partial charge < -0.3 is 0 Å². The molecule has 0 radical (unpaired) electrons. The van der Waals surface area contributed by atoms with E-state index in [1.54, 1.807) is 0 Å². The maximum atomic E-state index is 9.22. The lowest BCUT2D eigenvalue weighted by molar-refractivity contribution is 0.591. The van der Waals surface area contributed by atoms with Gasteiger partial charge in [-0.15, -0.1) is 6.42 Å². The first-order valence-electron chi connectivity index (χ1n) is 6.36.